The van der Waals surface area contributed by atoms with Crippen molar-refractivity contribution < 1.29 is 23.1 Å². The molecule has 2 aromatic carbocycles. The Morgan fingerprint density at radius 3 is 2.32 bits per heavy atom. The first kappa shape index (κ1) is 18.7. The molecule has 7 heteroatoms. The maximum atomic E-state index is 12.5. The summed E-state index contributed by atoms with van der Waals surface area (Å²) in [6, 6.07) is 12.1. The first-order valence-electron chi connectivity index (χ1n) is 7.56. The highest BCUT2D eigenvalue weighted by molar-refractivity contribution is 7.90. The number of carbonyl (C=O) groups is 2. The average molecular weight is 361 g/mol. The Labute approximate surface area is 146 Å². The molecule has 0 unspecified atom stereocenters. The van der Waals surface area contributed by atoms with Crippen LogP contribution in [-0.2, 0) is 14.6 Å². The molecule has 1 atom stereocenters. The summed E-state index contributed by atoms with van der Waals surface area (Å²) in [5.41, 5.74) is 1.84. The van der Waals surface area contributed by atoms with Crippen LogP contribution in [0.1, 0.15) is 33.9 Å². The number of carboxylic acid groups (broad SMARTS) is 1. The fraction of sp³-hybridized carbons (Fsp3) is 0.222. The predicted octanol–water partition coefficient (Wildman–Crippen LogP) is 2.34. The van der Waals surface area contributed by atoms with Crippen molar-refractivity contribution in [3.05, 3.63) is 65.2 Å². The van der Waals surface area contributed by atoms with Crippen molar-refractivity contribution >= 4 is 21.7 Å². The quantitative estimate of drug-likeness (QED) is 0.822. The van der Waals surface area contributed by atoms with Gasteiger partial charge in [-0.1, -0.05) is 35.9 Å². The molecular weight excluding hydrogens is 342 g/mol. The molecule has 0 spiro atoms. The molecule has 1 amide bonds. The number of amides is 1. The minimum Gasteiger partial charge on any atom is -0.481 e. The van der Waals surface area contributed by atoms with Crippen LogP contribution in [0.4, 0.5) is 0 Å². The largest absolute Gasteiger partial charge is 0.481 e. The number of carboxylic acids is 1. The lowest BCUT2D eigenvalue weighted by Gasteiger charge is -2.18. The van der Waals surface area contributed by atoms with Crippen molar-refractivity contribution in [2.45, 2.75) is 24.3 Å². The molecule has 0 radical (unpaired) electrons. The number of hydrogen-bond acceptors (Lipinski definition) is 4. The molecule has 25 heavy (non-hydrogen) atoms. The van der Waals surface area contributed by atoms with E-state index in [2.05, 4.69) is 5.32 Å². The standard InChI is InChI=1S/C18H19NO5S/c1-12-6-8-13(9-7-12)16(11-17(20)21)19-18(22)14-4-3-5-15(10-14)25(2,23)24/h3-10,16H,11H2,1-2H3,(H,19,22)(H,20,21)/t16-/m1/s1. The highest BCUT2D eigenvalue weighted by Gasteiger charge is 2.20. The highest BCUT2D eigenvalue weighted by Crippen LogP contribution is 2.19. The smallest absolute Gasteiger partial charge is 0.305 e. The van der Waals surface area contributed by atoms with E-state index in [1.54, 1.807) is 12.1 Å². The van der Waals surface area contributed by atoms with Gasteiger partial charge in [-0.15, -0.1) is 0 Å². The third-order valence-electron chi connectivity index (χ3n) is 3.69. The molecule has 0 fully saturated rings. The maximum absolute atomic E-state index is 12.5. The van der Waals surface area contributed by atoms with Gasteiger partial charge in [0.05, 0.1) is 17.4 Å². The van der Waals surface area contributed by atoms with Crippen molar-refractivity contribution in [3.8, 4) is 0 Å². The van der Waals surface area contributed by atoms with Gasteiger partial charge in [0.25, 0.3) is 5.91 Å². The van der Waals surface area contributed by atoms with Crippen LogP contribution in [0, 0.1) is 6.92 Å². The summed E-state index contributed by atoms with van der Waals surface area (Å²) in [6.45, 7) is 1.91. The maximum Gasteiger partial charge on any atom is 0.305 e. The van der Waals surface area contributed by atoms with E-state index in [0.29, 0.717) is 5.56 Å². The Morgan fingerprint density at radius 2 is 1.76 bits per heavy atom. The minimum absolute atomic E-state index is 0.0327. The fourth-order valence-corrected chi connectivity index (χ4v) is 3.00. The van der Waals surface area contributed by atoms with Crippen molar-refractivity contribution in [2.24, 2.45) is 0 Å². The lowest BCUT2D eigenvalue weighted by atomic mass is 10.0. The molecular formula is C18H19NO5S. The summed E-state index contributed by atoms with van der Waals surface area (Å²) in [4.78, 5) is 23.6. The number of hydrogen-bond donors (Lipinski definition) is 2. The topological polar surface area (TPSA) is 101 Å². The Bertz CT molecular complexity index is 888. The number of aryl methyl sites for hydroxylation is 1. The molecule has 0 aliphatic heterocycles. The fourth-order valence-electron chi connectivity index (χ4n) is 2.34. The molecule has 0 bridgehead atoms. The average Bonchev–Trinajstić information content (AvgIpc) is 2.54. The van der Waals surface area contributed by atoms with Gasteiger partial charge in [0.1, 0.15) is 0 Å². The molecule has 0 saturated carbocycles. The number of aliphatic carboxylic acids is 1. The van der Waals surface area contributed by atoms with Gasteiger partial charge in [-0.2, -0.15) is 0 Å². The third kappa shape index (κ3) is 5.15. The minimum atomic E-state index is -3.44. The van der Waals surface area contributed by atoms with Crippen LogP contribution in [0.2, 0.25) is 0 Å². The van der Waals surface area contributed by atoms with E-state index in [4.69, 9.17) is 5.11 Å². The number of benzene rings is 2. The van der Waals surface area contributed by atoms with Crippen molar-refractivity contribution in [2.75, 3.05) is 6.26 Å². The lowest BCUT2D eigenvalue weighted by molar-refractivity contribution is -0.137. The monoisotopic (exact) mass is 361 g/mol. The van der Waals surface area contributed by atoms with E-state index in [1.807, 2.05) is 19.1 Å². The van der Waals surface area contributed by atoms with Gasteiger partial charge in [0, 0.05) is 11.8 Å². The molecule has 0 aromatic heterocycles. The summed E-state index contributed by atoms with van der Waals surface area (Å²) < 4.78 is 23.2. The van der Waals surface area contributed by atoms with Crippen LogP contribution < -0.4 is 5.32 Å². The van der Waals surface area contributed by atoms with Crippen LogP contribution in [0.15, 0.2) is 53.4 Å². The van der Waals surface area contributed by atoms with E-state index in [0.717, 1.165) is 11.8 Å². The van der Waals surface area contributed by atoms with E-state index >= 15 is 0 Å². The van der Waals surface area contributed by atoms with Crippen LogP contribution in [0.3, 0.4) is 0 Å². The zero-order chi connectivity index (χ0) is 18.6. The number of rotatable bonds is 6. The van der Waals surface area contributed by atoms with Gasteiger partial charge in [0.2, 0.25) is 0 Å². The third-order valence-corrected chi connectivity index (χ3v) is 4.80. The van der Waals surface area contributed by atoms with E-state index < -0.39 is 27.8 Å². The number of carbonyl (C=O) groups excluding carboxylic acids is 1. The van der Waals surface area contributed by atoms with E-state index in [9.17, 15) is 18.0 Å². The highest BCUT2D eigenvalue weighted by atomic mass is 32.2. The summed E-state index contributed by atoms with van der Waals surface area (Å²) in [5.74, 6) is -1.58. The van der Waals surface area contributed by atoms with Gasteiger partial charge in [0.15, 0.2) is 9.84 Å². The lowest BCUT2D eigenvalue weighted by Crippen LogP contribution is -2.30. The molecule has 2 rings (SSSR count). The second kappa shape index (κ2) is 7.48. The molecule has 6 nitrogen and oxygen atoms in total. The first-order chi connectivity index (χ1) is 11.7. The van der Waals surface area contributed by atoms with Crippen LogP contribution in [0.5, 0.6) is 0 Å². The van der Waals surface area contributed by atoms with Crippen molar-refractivity contribution in [1.29, 1.82) is 0 Å². The number of nitrogens with one attached hydrogen (secondary N) is 1. The van der Waals surface area contributed by atoms with E-state index in [-0.39, 0.29) is 16.9 Å². The normalized spacial score (nSPS) is 12.4. The second-order valence-corrected chi connectivity index (χ2v) is 7.85. The molecule has 2 N–H and O–H groups in total. The van der Waals surface area contributed by atoms with Gasteiger partial charge in [-0.3, -0.25) is 9.59 Å². The van der Waals surface area contributed by atoms with Gasteiger partial charge < -0.3 is 10.4 Å². The summed E-state index contributed by atoms with van der Waals surface area (Å²) in [5, 5.41) is 11.8. The SMILES string of the molecule is Cc1ccc([C@@H](CC(=O)O)NC(=O)c2cccc(S(C)(=O)=O)c2)cc1. The van der Waals surface area contributed by atoms with Crippen molar-refractivity contribution in [3.63, 3.8) is 0 Å². The first-order valence-corrected chi connectivity index (χ1v) is 9.45. The Balaban J connectivity index is 2.28. The zero-order valence-electron chi connectivity index (χ0n) is 13.9. The summed E-state index contributed by atoms with van der Waals surface area (Å²) in [6.07, 6.45) is 0.782. The molecule has 2 aromatic rings. The summed E-state index contributed by atoms with van der Waals surface area (Å²) >= 11 is 0. The molecule has 0 saturated heterocycles. The molecule has 0 aliphatic carbocycles. The molecule has 0 aliphatic rings. The number of sulfone groups is 1. The molecule has 132 valence electrons. The molecule has 0 heterocycles. The Hall–Kier alpha value is -2.67. The van der Waals surface area contributed by atoms with Crippen LogP contribution in [0.25, 0.3) is 0 Å². The summed E-state index contributed by atoms with van der Waals surface area (Å²) in [7, 11) is -3.44. The van der Waals surface area contributed by atoms with Gasteiger partial charge in [-0.05, 0) is 30.7 Å². The second-order valence-electron chi connectivity index (χ2n) is 5.83. The zero-order valence-corrected chi connectivity index (χ0v) is 14.7. The van der Waals surface area contributed by atoms with Crippen LogP contribution in [-0.4, -0.2) is 31.7 Å². The van der Waals surface area contributed by atoms with Crippen molar-refractivity contribution in [1.82, 2.24) is 5.32 Å². The van der Waals surface area contributed by atoms with Gasteiger partial charge >= 0.3 is 5.97 Å². The van der Waals surface area contributed by atoms with E-state index in [1.165, 1.54) is 24.3 Å². The van der Waals surface area contributed by atoms with Gasteiger partial charge in [-0.25, -0.2) is 8.42 Å². The van der Waals surface area contributed by atoms with Crippen LogP contribution >= 0.6 is 0 Å². The Kier molecular flexibility index (Phi) is 5.58. The predicted molar refractivity (Wildman–Crippen MR) is 93.2 cm³/mol. The Morgan fingerprint density at radius 1 is 1.12 bits per heavy atom.